The number of primary amides is 1. The standard InChI is InChI=1S/C21H19N7O/c1-13-7-15(10-26-20(13)16-3-4-24-14(2)8-16)12-28-19(9-17(27-28)21(22)29)18-11-23-5-6-25-18/h3-11H,12H2,1-2H3,(H2,22,29). The number of nitrogens with zero attached hydrogens (tertiary/aromatic N) is 6. The first-order valence-electron chi connectivity index (χ1n) is 9.04. The molecule has 0 saturated carbocycles. The zero-order valence-electron chi connectivity index (χ0n) is 16.1. The van der Waals surface area contributed by atoms with Gasteiger partial charge in [0.15, 0.2) is 5.69 Å². The second-order valence-electron chi connectivity index (χ2n) is 6.72. The molecule has 0 aromatic carbocycles. The molecule has 0 saturated heterocycles. The summed E-state index contributed by atoms with van der Waals surface area (Å²) in [6.07, 6.45) is 8.39. The van der Waals surface area contributed by atoms with Crippen LogP contribution in [0, 0.1) is 13.8 Å². The van der Waals surface area contributed by atoms with Crippen molar-refractivity contribution in [1.82, 2.24) is 29.7 Å². The molecule has 4 rings (SSSR count). The van der Waals surface area contributed by atoms with E-state index in [9.17, 15) is 4.79 Å². The SMILES string of the molecule is Cc1cc(-c2ncc(Cn3nc(C(N)=O)cc3-c3cnccn3)cc2C)ccn1. The van der Waals surface area contributed by atoms with Crippen LogP contribution in [-0.4, -0.2) is 35.6 Å². The average Bonchev–Trinajstić information content (AvgIpc) is 3.13. The van der Waals surface area contributed by atoms with Crippen LogP contribution in [0.4, 0.5) is 0 Å². The van der Waals surface area contributed by atoms with E-state index in [0.29, 0.717) is 17.9 Å². The number of nitrogens with two attached hydrogens (primary N) is 1. The molecule has 1 amide bonds. The van der Waals surface area contributed by atoms with Crippen molar-refractivity contribution in [3.63, 3.8) is 0 Å². The molecule has 0 aliphatic carbocycles. The number of pyridine rings is 2. The molecule has 29 heavy (non-hydrogen) atoms. The molecule has 8 heteroatoms. The average molecular weight is 385 g/mol. The first-order valence-corrected chi connectivity index (χ1v) is 9.04. The van der Waals surface area contributed by atoms with Gasteiger partial charge in [0, 0.05) is 36.0 Å². The van der Waals surface area contributed by atoms with E-state index >= 15 is 0 Å². The molecule has 4 heterocycles. The zero-order valence-corrected chi connectivity index (χ0v) is 16.1. The lowest BCUT2D eigenvalue weighted by molar-refractivity contribution is 0.0995. The molecule has 0 spiro atoms. The van der Waals surface area contributed by atoms with E-state index in [4.69, 9.17) is 5.73 Å². The summed E-state index contributed by atoms with van der Waals surface area (Å²) >= 11 is 0. The van der Waals surface area contributed by atoms with Crippen molar-refractivity contribution in [3.8, 4) is 22.6 Å². The number of amides is 1. The minimum absolute atomic E-state index is 0.180. The zero-order chi connectivity index (χ0) is 20.4. The summed E-state index contributed by atoms with van der Waals surface area (Å²) in [5, 5.41) is 4.34. The van der Waals surface area contributed by atoms with Gasteiger partial charge < -0.3 is 5.73 Å². The molecule has 0 atom stereocenters. The van der Waals surface area contributed by atoms with E-state index in [1.54, 1.807) is 35.5 Å². The Labute approximate surface area is 167 Å². The molecule has 144 valence electrons. The van der Waals surface area contributed by atoms with Gasteiger partial charge >= 0.3 is 0 Å². The number of hydrogen-bond acceptors (Lipinski definition) is 6. The highest BCUT2D eigenvalue weighted by molar-refractivity contribution is 5.91. The largest absolute Gasteiger partial charge is 0.364 e. The lowest BCUT2D eigenvalue weighted by Crippen LogP contribution is -2.13. The Morgan fingerprint density at radius 1 is 1.03 bits per heavy atom. The van der Waals surface area contributed by atoms with Crippen molar-refractivity contribution >= 4 is 5.91 Å². The van der Waals surface area contributed by atoms with Gasteiger partial charge in [-0.05, 0) is 43.2 Å². The molecule has 0 aliphatic rings. The highest BCUT2D eigenvalue weighted by Crippen LogP contribution is 2.23. The number of carbonyl (C=O) groups is 1. The summed E-state index contributed by atoms with van der Waals surface area (Å²) in [6, 6.07) is 7.64. The van der Waals surface area contributed by atoms with Crippen LogP contribution in [0.15, 0.2) is 55.2 Å². The minimum Gasteiger partial charge on any atom is -0.364 e. The van der Waals surface area contributed by atoms with Gasteiger partial charge in [-0.1, -0.05) is 6.07 Å². The minimum atomic E-state index is -0.591. The predicted molar refractivity (Wildman–Crippen MR) is 108 cm³/mol. The summed E-state index contributed by atoms with van der Waals surface area (Å²) in [5.41, 5.74) is 11.7. The van der Waals surface area contributed by atoms with E-state index in [1.807, 2.05) is 32.2 Å². The maximum atomic E-state index is 11.6. The molecule has 4 aromatic heterocycles. The first-order chi connectivity index (χ1) is 14.0. The van der Waals surface area contributed by atoms with Crippen LogP contribution in [0.5, 0.6) is 0 Å². The summed E-state index contributed by atoms with van der Waals surface area (Å²) in [4.78, 5) is 28.9. The fraction of sp³-hybridized carbons (Fsp3) is 0.143. The van der Waals surface area contributed by atoms with Gasteiger partial charge in [-0.2, -0.15) is 5.10 Å². The highest BCUT2D eigenvalue weighted by Gasteiger charge is 2.15. The van der Waals surface area contributed by atoms with Gasteiger partial charge in [0.2, 0.25) is 0 Å². The Bertz CT molecular complexity index is 1180. The van der Waals surface area contributed by atoms with E-state index in [1.165, 1.54) is 0 Å². The smallest absolute Gasteiger partial charge is 0.269 e. The van der Waals surface area contributed by atoms with Gasteiger partial charge in [0.1, 0.15) is 5.69 Å². The second-order valence-corrected chi connectivity index (χ2v) is 6.72. The molecular formula is C21H19N7O. The van der Waals surface area contributed by atoms with Crippen LogP contribution in [0.1, 0.15) is 27.3 Å². The van der Waals surface area contributed by atoms with Crippen LogP contribution in [0.2, 0.25) is 0 Å². The Balaban J connectivity index is 1.69. The Morgan fingerprint density at radius 2 is 1.90 bits per heavy atom. The van der Waals surface area contributed by atoms with Crippen molar-refractivity contribution in [1.29, 1.82) is 0 Å². The van der Waals surface area contributed by atoms with Crippen molar-refractivity contribution < 1.29 is 4.79 Å². The molecule has 0 radical (unpaired) electrons. The summed E-state index contributed by atoms with van der Waals surface area (Å²) in [5.74, 6) is -0.591. The second kappa shape index (κ2) is 7.59. The van der Waals surface area contributed by atoms with Crippen LogP contribution in [0.3, 0.4) is 0 Å². The third kappa shape index (κ3) is 3.86. The number of aryl methyl sites for hydroxylation is 2. The van der Waals surface area contributed by atoms with Crippen LogP contribution in [-0.2, 0) is 6.54 Å². The van der Waals surface area contributed by atoms with E-state index in [-0.39, 0.29) is 5.69 Å². The predicted octanol–water partition coefficient (Wildman–Crippen LogP) is 2.56. The summed E-state index contributed by atoms with van der Waals surface area (Å²) in [6.45, 7) is 4.39. The molecule has 0 fully saturated rings. The monoisotopic (exact) mass is 385 g/mol. The fourth-order valence-corrected chi connectivity index (χ4v) is 3.18. The molecule has 4 aromatic rings. The van der Waals surface area contributed by atoms with Crippen molar-refractivity contribution in [2.24, 2.45) is 5.73 Å². The number of hydrogen-bond donors (Lipinski definition) is 1. The van der Waals surface area contributed by atoms with Gasteiger partial charge in [-0.3, -0.25) is 29.4 Å². The molecule has 0 aliphatic heterocycles. The number of carbonyl (C=O) groups excluding carboxylic acids is 1. The van der Waals surface area contributed by atoms with E-state index < -0.39 is 5.91 Å². The Morgan fingerprint density at radius 3 is 2.59 bits per heavy atom. The number of aromatic nitrogens is 6. The quantitative estimate of drug-likeness (QED) is 0.565. The van der Waals surface area contributed by atoms with Crippen molar-refractivity contribution in [3.05, 3.63) is 77.8 Å². The summed E-state index contributed by atoms with van der Waals surface area (Å²) < 4.78 is 1.69. The molecule has 0 unspecified atom stereocenters. The van der Waals surface area contributed by atoms with Crippen LogP contribution < -0.4 is 5.73 Å². The fourth-order valence-electron chi connectivity index (χ4n) is 3.18. The lowest BCUT2D eigenvalue weighted by Gasteiger charge is -2.10. The van der Waals surface area contributed by atoms with Crippen molar-refractivity contribution in [2.75, 3.05) is 0 Å². The number of rotatable bonds is 5. The van der Waals surface area contributed by atoms with Gasteiger partial charge in [-0.15, -0.1) is 0 Å². The van der Waals surface area contributed by atoms with Gasteiger partial charge in [-0.25, -0.2) is 0 Å². The maximum absolute atomic E-state index is 11.6. The highest BCUT2D eigenvalue weighted by atomic mass is 16.1. The topological polar surface area (TPSA) is 112 Å². The van der Waals surface area contributed by atoms with E-state index in [2.05, 4.69) is 31.1 Å². The van der Waals surface area contributed by atoms with E-state index in [0.717, 1.165) is 28.1 Å². The normalized spacial score (nSPS) is 10.8. The van der Waals surface area contributed by atoms with Crippen LogP contribution in [0.25, 0.3) is 22.6 Å². The third-order valence-corrected chi connectivity index (χ3v) is 4.50. The van der Waals surface area contributed by atoms with Crippen LogP contribution >= 0.6 is 0 Å². The molecule has 0 bridgehead atoms. The first kappa shape index (κ1) is 18.4. The lowest BCUT2D eigenvalue weighted by atomic mass is 10.1. The van der Waals surface area contributed by atoms with Gasteiger partial charge in [0.25, 0.3) is 5.91 Å². The third-order valence-electron chi connectivity index (χ3n) is 4.50. The molecular weight excluding hydrogens is 366 g/mol. The maximum Gasteiger partial charge on any atom is 0.269 e. The van der Waals surface area contributed by atoms with Gasteiger partial charge in [0.05, 0.1) is 24.1 Å². The molecule has 2 N–H and O–H groups in total. The van der Waals surface area contributed by atoms with Crippen molar-refractivity contribution in [2.45, 2.75) is 20.4 Å². The molecule has 8 nitrogen and oxygen atoms in total. The summed E-state index contributed by atoms with van der Waals surface area (Å²) in [7, 11) is 0. The Kier molecular flexibility index (Phi) is 4.82. The Hall–Kier alpha value is -3.94.